The van der Waals surface area contributed by atoms with Gasteiger partial charge in [-0.15, -0.1) is 0 Å². The van der Waals surface area contributed by atoms with Crippen molar-refractivity contribution in [2.45, 2.75) is 6.54 Å². The lowest BCUT2D eigenvalue weighted by Crippen LogP contribution is -2.42. The van der Waals surface area contributed by atoms with E-state index in [1.54, 1.807) is 14.2 Å². The number of hydrogen-bond donors (Lipinski definition) is 1. The van der Waals surface area contributed by atoms with Crippen LogP contribution in [0.3, 0.4) is 0 Å². The number of benzene rings is 2. The Kier molecular flexibility index (Phi) is 4.27. The minimum atomic E-state index is 0.886. The van der Waals surface area contributed by atoms with E-state index in [4.69, 9.17) is 9.47 Å². The molecule has 0 saturated carbocycles. The van der Waals surface area contributed by atoms with E-state index >= 15 is 0 Å². The highest BCUT2D eigenvalue weighted by Crippen LogP contribution is 2.31. The zero-order valence-electron chi connectivity index (χ0n) is 12.7. The van der Waals surface area contributed by atoms with E-state index < -0.39 is 0 Å². The van der Waals surface area contributed by atoms with Gasteiger partial charge >= 0.3 is 0 Å². The molecule has 0 atom stereocenters. The Labute approximate surface area is 125 Å². The van der Waals surface area contributed by atoms with E-state index in [2.05, 4.69) is 34.5 Å². The first-order valence-electron chi connectivity index (χ1n) is 7.38. The van der Waals surface area contributed by atoms with Gasteiger partial charge in [0.2, 0.25) is 0 Å². The van der Waals surface area contributed by atoms with Gasteiger partial charge in [0.1, 0.15) is 11.5 Å². The van der Waals surface area contributed by atoms with Crippen LogP contribution in [0.2, 0.25) is 0 Å². The van der Waals surface area contributed by atoms with Gasteiger partial charge in [0.15, 0.2) is 0 Å². The van der Waals surface area contributed by atoms with Gasteiger partial charge in [-0.25, -0.2) is 0 Å². The van der Waals surface area contributed by atoms with Crippen LogP contribution in [0.1, 0.15) is 5.56 Å². The van der Waals surface area contributed by atoms with Gasteiger partial charge in [-0.05, 0) is 29.0 Å². The number of nitrogens with one attached hydrogen (secondary N) is 1. The highest BCUT2D eigenvalue weighted by molar-refractivity contribution is 5.89. The number of methoxy groups -OCH3 is 2. The molecule has 1 N–H and O–H groups in total. The van der Waals surface area contributed by atoms with E-state index in [9.17, 15) is 0 Å². The van der Waals surface area contributed by atoms with E-state index in [1.165, 1.54) is 16.3 Å². The molecule has 4 heteroatoms. The van der Waals surface area contributed by atoms with Crippen molar-refractivity contribution >= 4 is 10.8 Å². The second-order valence-electron chi connectivity index (χ2n) is 5.36. The summed E-state index contributed by atoms with van der Waals surface area (Å²) in [7, 11) is 3.44. The number of hydrogen-bond acceptors (Lipinski definition) is 4. The Morgan fingerprint density at radius 1 is 1.05 bits per heavy atom. The molecule has 3 rings (SSSR count). The SMILES string of the molecule is COc1ccc2ccc(OC)c(CN3CCNCC3)c2c1. The van der Waals surface area contributed by atoms with Crippen molar-refractivity contribution in [1.82, 2.24) is 10.2 Å². The van der Waals surface area contributed by atoms with Crippen LogP contribution in [0.25, 0.3) is 10.8 Å². The van der Waals surface area contributed by atoms with Crippen molar-refractivity contribution < 1.29 is 9.47 Å². The molecule has 112 valence electrons. The number of nitrogens with zero attached hydrogens (tertiary/aromatic N) is 1. The molecule has 21 heavy (non-hydrogen) atoms. The molecular weight excluding hydrogens is 264 g/mol. The lowest BCUT2D eigenvalue weighted by molar-refractivity contribution is 0.231. The maximum absolute atomic E-state index is 5.59. The largest absolute Gasteiger partial charge is 0.497 e. The third kappa shape index (κ3) is 2.96. The van der Waals surface area contributed by atoms with Crippen LogP contribution in [-0.4, -0.2) is 45.3 Å². The molecule has 1 fully saturated rings. The van der Waals surface area contributed by atoms with Crippen LogP contribution in [0.15, 0.2) is 30.3 Å². The highest BCUT2D eigenvalue weighted by atomic mass is 16.5. The van der Waals surface area contributed by atoms with Crippen molar-refractivity contribution in [3.05, 3.63) is 35.9 Å². The smallest absolute Gasteiger partial charge is 0.124 e. The van der Waals surface area contributed by atoms with Crippen molar-refractivity contribution in [3.63, 3.8) is 0 Å². The minimum absolute atomic E-state index is 0.886. The van der Waals surface area contributed by atoms with Crippen molar-refractivity contribution in [1.29, 1.82) is 0 Å². The van der Waals surface area contributed by atoms with E-state index in [1.807, 2.05) is 6.07 Å². The predicted octanol–water partition coefficient (Wildman–Crippen LogP) is 2.26. The van der Waals surface area contributed by atoms with Gasteiger partial charge in [-0.3, -0.25) is 4.90 Å². The molecule has 0 unspecified atom stereocenters. The Hall–Kier alpha value is -1.78. The second-order valence-corrected chi connectivity index (χ2v) is 5.36. The first-order valence-corrected chi connectivity index (χ1v) is 7.38. The quantitative estimate of drug-likeness (QED) is 0.935. The molecule has 1 aliphatic rings. The van der Waals surface area contributed by atoms with E-state index in [0.717, 1.165) is 44.2 Å². The summed E-state index contributed by atoms with van der Waals surface area (Å²) in [6.45, 7) is 5.16. The van der Waals surface area contributed by atoms with Gasteiger partial charge < -0.3 is 14.8 Å². The first kappa shape index (κ1) is 14.2. The third-order valence-corrected chi connectivity index (χ3v) is 4.11. The summed E-state index contributed by atoms with van der Waals surface area (Å²) >= 11 is 0. The Morgan fingerprint density at radius 2 is 1.81 bits per heavy atom. The monoisotopic (exact) mass is 286 g/mol. The van der Waals surface area contributed by atoms with Crippen LogP contribution >= 0.6 is 0 Å². The Balaban J connectivity index is 2.03. The van der Waals surface area contributed by atoms with E-state index in [-0.39, 0.29) is 0 Å². The zero-order chi connectivity index (χ0) is 14.7. The maximum atomic E-state index is 5.59. The van der Waals surface area contributed by atoms with Crippen molar-refractivity contribution in [2.24, 2.45) is 0 Å². The van der Waals surface area contributed by atoms with Crippen LogP contribution < -0.4 is 14.8 Å². The number of fused-ring (bicyclic) bond motifs is 1. The lowest BCUT2D eigenvalue weighted by Gasteiger charge is -2.28. The highest BCUT2D eigenvalue weighted by Gasteiger charge is 2.15. The van der Waals surface area contributed by atoms with Crippen LogP contribution in [0.4, 0.5) is 0 Å². The fourth-order valence-electron chi connectivity index (χ4n) is 2.92. The molecule has 0 amide bonds. The number of piperazine rings is 1. The summed E-state index contributed by atoms with van der Waals surface area (Å²) in [5.74, 6) is 1.84. The van der Waals surface area contributed by atoms with Gasteiger partial charge in [-0.2, -0.15) is 0 Å². The Morgan fingerprint density at radius 3 is 2.52 bits per heavy atom. The molecule has 0 bridgehead atoms. The van der Waals surface area contributed by atoms with Gasteiger partial charge in [-0.1, -0.05) is 12.1 Å². The summed E-state index contributed by atoms with van der Waals surface area (Å²) in [5, 5.41) is 5.83. The van der Waals surface area contributed by atoms with Gasteiger partial charge in [0.25, 0.3) is 0 Å². The molecule has 0 aromatic heterocycles. The average molecular weight is 286 g/mol. The summed E-state index contributed by atoms with van der Waals surface area (Å²) in [6.07, 6.45) is 0. The molecule has 2 aromatic rings. The lowest BCUT2D eigenvalue weighted by atomic mass is 10.0. The predicted molar refractivity (Wildman–Crippen MR) is 85.2 cm³/mol. The summed E-state index contributed by atoms with van der Waals surface area (Å²) < 4.78 is 11.0. The third-order valence-electron chi connectivity index (χ3n) is 4.11. The van der Waals surface area contributed by atoms with Crippen LogP contribution in [0, 0.1) is 0 Å². The van der Waals surface area contributed by atoms with E-state index in [0.29, 0.717) is 0 Å². The molecule has 0 spiro atoms. The summed E-state index contributed by atoms with van der Waals surface area (Å²) in [5.41, 5.74) is 1.25. The molecule has 2 aromatic carbocycles. The molecule has 4 nitrogen and oxygen atoms in total. The number of ether oxygens (including phenoxy) is 2. The minimum Gasteiger partial charge on any atom is -0.497 e. The van der Waals surface area contributed by atoms with Gasteiger partial charge in [0.05, 0.1) is 14.2 Å². The maximum Gasteiger partial charge on any atom is 0.124 e. The van der Waals surface area contributed by atoms with Crippen molar-refractivity contribution in [3.8, 4) is 11.5 Å². The fraction of sp³-hybridized carbons (Fsp3) is 0.412. The van der Waals surface area contributed by atoms with Crippen LogP contribution in [-0.2, 0) is 6.54 Å². The first-order chi connectivity index (χ1) is 10.3. The average Bonchev–Trinajstić information content (AvgIpc) is 2.55. The fourth-order valence-corrected chi connectivity index (χ4v) is 2.92. The molecule has 0 radical (unpaired) electrons. The molecule has 0 aliphatic carbocycles. The summed E-state index contributed by atoms with van der Waals surface area (Å²) in [6, 6.07) is 10.4. The molecule has 1 heterocycles. The topological polar surface area (TPSA) is 33.7 Å². The standard InChI is InChI=1S/C17H22N2O2/c1-20-14-5-3-13-4-6-17(21-2)16(15(13)11-14)12-19-9-7-18-8-10-19/h3-6,11,18H,7-10,12H2,1-2H3. The molecular formula is C17H22N2O2. The van der Waals surface area contributed by atoms with Crippen LogP contribution in [0.5, 0.6) is 11.5 Å². The zero-order valence-corrected chi connectivity index (χ0v) is 12.7. The Bertz CT molecular complexity index is 616. The molecule has 1 aliphatic heterocycles. The molecule has 1 saturated heterocycles. The number of rotatable bonds is 4. The normalized spacial score (nSPS) is 16.1. The summed E-state index contributed by atoms with van der Waals surface area (Å²) in [4.78, 5) is 2.47. The second kappa shape index (κ2) is 6.33. The van der Waals surface area contributed by atoms with Gasteiger partial charge in [0, 0.05) is 38.3 Å². The van der Waals surface area contributed by atoms with Crippen molar-refractivity contribution in [2.75, 3.05) is 40.4 Å².